The lowest BCUT2D eigenvalue weighted by Crippen LogP contribution is -2.53. The van der Waals surface area contributed by atoms with Crippen molar-refractivity contribution in [1.29, 1.82) is 5.26 Å². The summed E-state index contributed by atoms with van der Waals surface area (Å²) in [4.78, 5) is 13.2. The Morgan fingerprint density at radius 2 is 1.79 bits per heavy atom. The summed E-state index contributed by atoms with van der Waals surface area (Å²) in [5.74, 6) is -0.718. The van der Waals surface area contributed by atoms with Crippen LogP contribution in [0, 0.1) is 18.3 Å². The minimum absolute atomic E-state index is 0.200. The van der Waals surface area contributed by atoms with Crippen molar-refractivity contribution < 1.29 is 35.6 Å². The fourth-order valence-corrected chi connectivity index (χ4v) is 4.52. The zero-order valence-electron chi connectivity index (χ0n) is 16.2. The second kappa shape index (κ2) is 7.64. The zero-order chi connectivity index (χ0) is 22.4. The Morgan fingerprint density at radius 1 is 1.21 bits per heavy atom. The average Bonchev–Trinajstić information content (AvgIpc) is 2.90. The molecule has 1 fully saturated rings. The number of hydrogen-bond acceptors (Lipinski definition) is 3. The Hall–Kier alpha value is -2.06. The molecule has 1 aliphatic heterocycles. The number of hydrogen-bond donors (Lipinski definition) is 0. The molecule has 2 rings (SSSR count). The summed E-state index contributed by atoms with van der Waals surface area (Å²) < 4.78 is 87.0. The Kier molecular flexibility index (Phi) is 6.12. The topological polar surface area (TPSA) is 53.3 Å². The van der Waals surface area contributed by atoms with Gasteiger partial charge in [-0.2, -0.15) is 31.6 Å². The van der Waals surface area contributed by atoms with E-state index in [-0.39, 0.29) is 18.5 Å². The van der Waals surface area contributed by atoms with Gasteiger partial charge in [0.2, 0.25) is 5.91 Å². The Labute approximate surface area is 165 Å². The molecule has 0 saturated carbocycles. The minimum atomic E-state index is -4.90. The predicted molar refractivity (Wildman–Crippen MR) is 95.7 cm³/mol. The van der Waals surface area contributed by atoms with Crippen molar-refractivity contribution in [2.45, 2.75) is 63.9 Å². The first kappa shape index (κ1) is 23.2. The van der Waals surface area contributed by atoms with E-state index in [0.717, 1.165) is 24.0 Å². The molecule has 11 heteroatoms. The molecule has 2 atom stereocenters. The largest absolute Gasteiger partial charge is 0.418 e. The van der Waals surface area contributed by atoms with Crippen LogP contribution in [0.5, 0.6) is 0 Å². The molecule has 0 radical (unpaired) electrons. The van der Waals surface area contributed by atoms with Crippen LogP contribution in [0.3, 0.4) is 0 Å². The molecule has 0 aromatic heterocycles. The highest BCUT2D eigenvalue weighted by Gasteiger charge is 2.53. The van der Waals surface area contributed by atoms with Gasteiger partial charge in [0.25, 0.3) is 0 Å². The van der Waals surface area contributed by atoms with Gasteiger partial charge in [0.05, 0.1) is 23.2 Å². The van der Waals surface area contributed by atoms with E-state index in [2.05, 4.69) is 0 Å². The lowest BCUT2D eigenvalue weighted by atomic mass is 9.98. The summed E-state index contributed by atoms with van der Waals surface area (Å²) >= 11 is 0. The Balaban J connectivity index is 2.63. The average molecular weight is 438 g/mol. The number of nitriles is 1. The second-order valence-corrected chi connectivity index (χ2v) is 12.3. The lowest BCUT2D eigenvalue weighted by Gasteiger charge is -2.37. The normalized spacial score (nSPS) is 19.4. The van der Waals surface area contributed by atoms with E-state index in [1.165, 1.54) is 6.07 Å². The maximum Gasteiger partial charge on any atom is 0.418 e. The van der Waals surface area contributed by atoms with Crippen molar-refractivity contribution >= 4 is 19.9 Å². The third-order valence-electron chi connectivity index (χ3n) is 4.51. The summed E-state index contributed by atoms with van der Waals surface area (Å²) in [6.07, 6.45) is -12.5. The number of rotatable bonds is 4. The molecule has 29 heavy (non-hydrogen) atoms. The van der Waals surface area contributed by atoms with Crippen molar-refractivity contribution in [2.75, 3.05) is 4.90 Å². The van der Waals surface area contributed by atoms with Crippen molar-refractivity contribution in [3.8, 4) is 6.07 Å². The van der Waals surface area contributed by atoms with Crippen molar-refractivity contribution in [3.63, 3.8) is 0 Å². The first-order valence-corrected chi connectivity index (χ1v) is 12.2. The SMILES string of the molecule is Cc1c(N2C(=O)CC[C@@H]2C(O[Si](C)(C)C)C(F)(F)F)ccc(C#N)c1C(F)(F)F. The molecular weight excluding hydrogens is 418 g/mol. The molecule has 0 bridgehead atoms. The van der Waals surface area contributed by atoms with E-state index in [0.29, 0.717) is 0 Å². The van der Waals surface area contributed by atoms with Gasteiger partial charge in [-0.3, -0.25) is 4.79 Å². The fourth-order valence-electron chi connectivity index (χ4n) is 3.47. The quantitative estimate of drug-likeness (QED) is 0.482. The van der Waals surface area contributed by atoms with E-state index in [1.807, 2.05) is 0 Å². The van der Waals surface area contributed by atoms with Crippen LogP contribution in [0.25, 0.3) is 0 Å². The van der Waals surface area contributed by atoms with Gasteiger partial charge in [-0.1, -0.05) is 0 Å². The van der Waals surface area contributed by atoms with Gasteiger partial charge in [-0.05, 0) is 50.7 Å². The van der Waals surface area contributed by atoms with Crippen molar-refractivity contribution in [2.24, 2.45) is 0 Å². The standard InChI is InChI=1S/C18H20F6N2O2Si/c1-10-12(6-5-11(9-25)15(10)17(19,20)21)26-13(7-8-14(26)27)16(18(22,23)24)28-29(2,3)4/h5-6,13,16H,7-8H2,1-4H3/t13-,16?/m1/s1. The molecule has 1 unspecified atom stereocenters. The number of halogens is 6. The maximum atomic E-state index is 13.7. The molecule has 4 nitrogen and oxygen atoms in total. The highest BCUT2D eigenvalue weighted by Crippen LogP contribution is 2.42. The van der Waals surface area contributed by atoms with Gasteiger partial charge >= 0.3 is 12.4 Å². The van der Waals surface area contributed by atoms with Crippen LogP contribution in [0.15, 0.2) is 12.1 Å². The molecule has 0 N–H and O–H groups in total. The van der Waals surface area contributed by atoms with E-state index in [1.54, 1.807) is 19.6 Å². The molecule has 0 spiro atoms. The van der Waals surface area contributed by atoms with Crippen molar-refractivity contribution in [3.05, 3.63) is 28.8 Å². The summed E-state index contributed by atoms with van der Waals surface area (Å²) in [5.41, 5.74) is -2.68. The van der Waals surface area contributed by atoms with Gasteiger partial charge in [0.15, 0.2) is 14.4 Å². The minimum Gasteiger partial charge on any atom is -0.404 e. The second-order valence-electron chi connectivity index (χ2n) is 7.80. The highest BCUT2D eigenvalue weighted by molar-refractivity contribution is 6.69. The van der Waals surface area contributed by atoms with Crippen LogP contribution in [-0.2, 0) is 15.4 Å². The monoisotopic (exact) mass is 438 g/mol. The fraction of sp³-hybridized carbons (Fsp3) is 0.556. The maximum absolute atomic E-state index is 13.7. The van der Waals surface area contributed by atoms with Crippen molar-refractivity contribution in [1.82, 2.24) is 0 Å². The smallest absolute Gasteiger partial charge is 0.404 e. The first-order chi connectivity index (χ1) is 13.1. The molecule has 1 heterocycles. The molecule has 1 amide bonds. The third-order valence-corrected chi connectivity index (χ3v) is 5.47. The van der Waals surface area contributed by atoms with Gasteiger partial charge in [0.1, 0.15) is 0 Å². The number of carbonyl (C=O) groups is 1. The van der Waals surface area contributed by atoms with E-state index in [4.69, 9.17) is 9.69 Å². The molecule has 1 saturated heterocycles. The van der Waals surface area contributed by atoms with E-state index >= 15 is 0 Å². The molecule has 1 aromatic carbocycles. The number of alkyl halides is 6. The summed E-state index contributed by atoms with van der Waals surface area (Å²) in [7, 11) is -2.70. The number of amides is 1. The molecule has 160 valence electrons. The summed E-state index contributed by atoms with van der Waals surface area (Å²) in [6.45, 7) is 5.72. The third kappa shape index (κ3) is 4.92. The Morgan fingerprint density at radius 3 is 2.24 bits per heavy atom. The number of benzene rings is 1. The first-order valence-electron chi connectivity index (χ1n) is 8.75. The van der Waals surface area contributed by atoms with Gasteiger partial charge in [0, 0.05) is 12.1 Å². The predicted octanol–water partition coefficient (Wildman–Crippen LogP) is 5.16. The molecule has 1 aromatic rings. The van der Waals surface area contributed by atoms with Crippen LogP contribution in [0.4, 0.5) is 32.0 Å². The Bertz CT molecular complexity index is 839. The number of nitrogens with zero attached hydrogens (tertiary/aromatic N) is 2. The highest BCUT2D eigenvalue weighted by atomic mass is 28.4. The van der Waals surface area contributed by atoms with Gasteiger partial charge in [-0.25, -0.2) is 0 Å². The van der Waals surface area contributed by atoms with Gasteiger partial charge < -0.3 is 9.33 Å². The number of carbonyl (C=O) groups excluding carboxylic acids is 1. The molecule has 0 aliphatic carbocycles. The molecular formula is C18H20F6N2O2Si. The molecule has 1 aliphatic rings. The van der Waals surface area contributed by atoms with Crippen LogP contribution in [0.2, 0.25) is 19.6 Å². The summed E-state index contributed by atoms with van der Waals surface area (Å²) in [5, 5.41) is 8.99. The van der Waals surface area contributed by atoms with E-state index < -0.39 is 55.4 Å². The van der Waals surface area contributed by atoms with Crippen LogP contribution < -0.4 is 4.90 Å². The number of anilines is 1. The van der Waals surface area contributed by atoms with Gasteiger partial charge in [-0.15, -0.1) is 0 Å². The van der Waals surface area contributed by atoms with Crippen LogP contribution >= 0.6 is 0 Å². The van der Waals surface area contributed by atoms with Crippen LogP contribution in [0.1, 0.15) is 29.5 Å². The lowest BCUT2D eigenvalue weighted by molar-refractivity contribution is -0.202. The zero-order valence-corrected chi connectivity index (χ0v) is 17.2. The summed E-state index contributed by atoms with van der Waals surface area (Å²) in [6, 6.07) is 1.91. The van der Waals surface area contributed by atoms with E-state index in [9.17, 15) is 31.1 Å². The van der Waals surface area contributed by atoms with Crippen LogP contribution in [-0.4, -0.2) is 32.5 Å².